The molecule has 1 heterocycles. The number of nitrogens with one attached hydrogen (secondary N) is 1. The van der Waals surface area contributed by atoms with Crippen molar-refractivity contribution in [2.24, 2.45) is 0 Å². The lowest BCUT2D eigenvalue weighted by molar-refractivity contribution is 0.0947. The Morgan fingerprint density at radius 3 is 2.31 bits per heavy atom. The average molecular weight is 352 g/mol. The number of aryl methyl sites for hydroxylation is 2. The summed E-state index contributed by atoms with van der Waals surface area (Å²) in [5.74, 6) is 0.793. The van der Waals surface area contributed by atoms with Crippen molar-refractivity contribution in [2.45, 2.75) is 33.1 Å². The van der Waals surface area contributed by atoms with Crippen LogP contribution in [0.2, 0.25) is 0 Å². The molecule has 0 atom stereocenters. The van der Waals surface area contributed by atoms with E-state index in [1.54, 1.807) is 0 Å². The fraction of sp³-hybridized carbons (Fsp3) is 0.409. The Hall–Kier alpha value is -2.49. The predicted octanol–water partition coefficient (Wildman–Crippen LogP) is 4.10. The highest BCUT2D eigenvalue weighted by atomic mass is 16.5. The first-order valence-electron chi connectivity index (χ1n) is 9.46. The summed E-state index contributed by atoms with van der Waals surface area (Å²) in [6, 6.07) is 14.0. The molecule has 26 heavy (non-hydrogen) atoms. The number of piperidine rings is 1. The first-order chi connectivity index (χ1) is 12.6. The van der Waals surface area contributed by atoms with Gasteiger partial charge in [-0.25, -0.2) is 0 Å². The molecule has 1 N–H and O–H groups in total. The monoisotopic (exact) mass is 352 g/mol. The van der Waals surface area contributed by atoms with Gasteiger partial charge in [-0.3, -0.25) is 4.79 Å². The van der Waals surface area contributed by atoms with E-state index in [0.29, 0.717) is 18.7 Å². The zero-order valence-electron chi connectivity index (χ0n) is 15.8. The van der Waals surface area contributed by atoms with Crippen LogP contribution in [0.5, 0.6) is 5.75 Å². The molecule has 1 saturated heterocycles. The standard InChI is InChI=1S/C22H28N2O2/c1-17-14-18(2)16-21(15-17)26-13-10-23-22(25)19-6-8-20(9-7-19)24-11-4-3-5-12-24/h6-9,14-16H,3-5,10-13H2,1-2H3,(H,23,25). The van der Waals surface area contributed by atoms with E-state index in [2.05, 4.69) is 30.1 Å². The van der Waals surface area contributed by atoms with Crippen LogP contribution in [0.3, 0.4) is 0 Å². The van der Waals surface area contributed by atoms with Gasteiger partial charge in [0.1, 0.15) is 12.4 Å². The van der Waals surface area contributed by atoms with Crippen LogP contribution in [-0.2, 0) is 0 Å². The Morgan fingerprint density at radius 2 is 1.65 bits per heavy atom. The van der Waals surface area contributed by atoms with Crippen molar-refractivity contribution in [2.75, 3.05) is 31.1 Å². The van der Waals surface area contributed by atoms with Crippen LogP contribution in [0.15, 0.2) is 42.5 Å². The summed E-state index contributed by atoms with van der Waals surface area (Å²) >= 11 is 0. The molecule has 0 aromatic heterocycles. The second-order valence-electron chi connectivity index (χ2n) is 7.02. The normalized spacial score (nSPS) is 14.2. The number of anilines is 1. The molecule has 0 aliphatic carbocycles. The first-order valence-corrected chi connectivity index (χ1v) is 9.46. The lowest BCUT2D eigenvalue weighted by atomic mass is 10.1. The Kier molecular flexibility index (Phi) is 6.16. The lowest BCUT2D eigenvalue weighted by Gasteiger charge is -2.28. The van der Waals surface area contributed by atoms with Gasteiger partial charge in [0.05, 0.1) is 6.54 Å². The molecule has 3 rings (SSSR count). The van der Waals surface area contributed by atoms with Crippen LogP contribution in [-0.4, -0.2) is 32.1 Å². The molecule has 0 bridgehead atoms. The average Bonchev–Trinajstić information content (AvgIpc) is 2.65. The summed E-state index contributed by atoms with van der Waals surface area (Å²) in [4.78, 5) is 14.7. The summed E-state index contributed by atoms with van der Waals surface area (Å²) in [5.41, 5.74) is 4.26. The molecule has 1 aliphatic rings. The molecule has 138 valence electrons. The van der Waals surface area contributed by atoms with Gasteiger partial charge < -0.3 is 15.0 Å². The van der Waals surface area contributed by atoms with E-state index in [4.69, 9.17) is 4.74 Å². The van der Waals surface area contributed by atoms with Crippen molar-refractivity contribution in [3.63, 3.8) is 0 Å². The van der Waals surface area contributed by atoms with E-state index >= 15 is 0 Å². The van der Waals surface area contributed by atoms with E-state index < -0.39 is 0 Å². The summed E-state index contributed by atoms with van der Waals surface area (Å²) in [6.07, 6.45) is 3.83. The maximum Gasteiger partial charge on any atom is 0.251 e. The molecule has 1 aliphatic heterocycles. The third kappa shape index (κ3) is 5.01. The van der Waals surface area contributed by atoms with Crippen LogP contribution in [0.1, 0.15) is 40.7 Å². The topological polar surface area (TPSA) is 41.6 Å². The molecule has 4 heteroatoms. The summed E-state index contributed by atoms with van der Waals surface area (Å²) in [7, 11) is 0. The molecular weight excluding hydrogens is 324 g/mol. The van der Waals surface area contributed by atoms with Crippen LogP contribution in [0, 0.1) is 13.8 Å². The first kappa shape index (κ1) is 18.3. The fourth-order valence-corrected chi connectivity index (χ4v) is 3.43. The predicted molar refractivity (Wildman–Crippen MR) is 106 cm³/mol. The highest BCUT2D eigenvalue weighted by molar-refractivity contribution is 5.94. The van der Waals surface area contributed by atoms with Crippen LogP contribution < -0.4 is 15.0 Å². The van der Waals surface area contributed by atoms with Crippen LogP contribution in [0.25, 0.3) is 0 Å². The maximum atomic E-state index is 12.3. The van der Waals surface area contributed by atoms with Gasteiger partial charge in [0.25, 0.3) is 5.91 Å². The molecule has 0 saturated carbocycles. The second-order valence-corrected chi connectivity index (χ2v) is 7.02. The van der Waals surface area contributed by atoms with Crippen molar-refractivity contribution >= 4 is 11.6 Å². The van der Waals surface area contributed by atoms with Gasteiger partial charge in [-0.15, -0.1) is 0 Å². The number of carbonyl (C=O) groups is 1. The second kappa shape index (κ2) is 8.75. The summed E-state index contributed by atoms with van der Waals surface area (Å²) < 4.78 is 5.73. The van der Waals surface area contributed by atoms with Gasteiger partial charge in [0.2, 0.25) is 0 Å². The number of benzene rings is 2. The minimum Gasteiger partial charge on any atom is -0.492 e. The zero-order valence-corrected chi connectivity index (χ0v) is 15.8. The number of carbonyl (C=O) groups excluding carboxylic acids is 1. The number of nitrogens with zero attached hydrogens (tertiary/aromatic N) is 1. The van der Waals surface area contributed by atoms with E-state index in [0.717, 1.165) is 18.8 Å². The molecule has 4 nitrogen and oxygen atoms in total. The number of amides is 1. The molecule has 0 spiro atoms. The summed E-state index contributed by atoms with van der Waals surface area (Å²) in [6.45, 7) is 7.27. The molecular formula is C22H28N2O2. The molecule has 2 aromatic carbocycles. The number of hydrogen-bond donors (Lipinski definition) is 1. The third-order valence-electron chi connectivity index (χ3n) is 4.70. The van der Waals surface area contributed by atoms with E-state index in [-0.39, 0.29) is 5.91 Å². The maximum absolute atomic E-state index is 12.3. The molecule has 2 aromatic rings. The van der Waals surface area contributed by atoms with Gasteiger partial charge in [-0.05, 0) is 80.6 Å². The van der Waals surface area contributed by atoms with Crippen LogP contribution >= 0.6 is 0 Å². The fourth-order valence-electron chi connectivity index (χ4n) is 3.43. The Balaban J connectivity index is 1.45. The Bertz CT molecular complexity index is 714. The molecule has 1 amide bonds. The Morgan fingerprint density at radius 1 is 1.00 bits per heavy atom. The molecule has 0 radical (unpaired) electrons. The zero-order chi connectivity index (χ0) is 18.4. The highest BCUT2D eigenvalue weighted by Gasteiger charge is 2.12. The van der Waals surface area contributed by atoms with Crippen LogP contribution in [0.4, 0.5) is 5.69 Å². The highest BCUT2D eigenvalue weighted by Crippen LogP contribution is 2.20. The molecule has 1 fully saturated rings. The van der Waals surface area contributed by atoms with Gasteiger partial charge in [-0.1, -0.05) is 6.07 Å². The quantitative estimate of drug-likeness (QED) is 0.796. The Labute approximate surface area is 156 Å². The molecule has 0 unspecified atom stereocenters. The number of rotatable bonds is 6. The van der Waals surface area contributed by atoms with Gasteiger partial charge in [0, 0.05) is 24.3 Å². The van der Waals surface area contributed by atoms with E-state index in [9.17, 15) is 4.79 Å². The third-order valence-corrected chi connectivity index (χ3v) is 4.70. The number of hydrogen-bond acceptors (Lipinski definition) is 3. The largest absolute Gasteiger partial charge is 0.492 e. The van der Waals surface area contributed by atoms with Gasteiger partial charge >= 0.3 is 0 Å². The van der Waals surface area contributed by atoms with Crippen molar-refractivity contribution in [1.82, 2.24) is 5.32 Å². The van der Waals surface area contributed by atoms with Crippen molar-refractivity contribution in [3.8, 4) is 5.75 Å². The van der Waals surface area contributed by atoms with Crippen molar-refractivity contribution < 1.29 is 9.53 Å². The van der Waals surface area contributed by atoms with Crippen molar-refractivity contribution in [3.05, 3.63) is 59.2 Å². The summed E-state index contributed by atoms with van der Waals surface area (Å²) in [5, 5.41) is 2.92. The van der Waals surface area contributed by atoms with E-state index in [1.807, 2.05) is 36.4 Å². The minimum atomic E-state index is -0.0563. The minimum absolute atomic E-state index is 0.0563. The SMILES string of the molecule is Cc1cc(C)cc(OCCNC(=O)c2ccc(N3CCCCC3)cc2)c1. The number of ether oxygens (including phenoxy) is 1. The van der Waals surface area contributed by atoms with E-state index in [1.165, 1.54) is 36.1 Å². The van der Waals surface area contributed by atoms with Gasteiger partial charge in [0.15, 0.2) is 0 Å². The smallest absolute Gasteiger partial charge is 0.251 e. The van der Waals surface area contributed by atoms with Gasteiger partial charge in [-0.2, -0.15) is 0 Å². The lowest BCUT2D eigenvalue weighted by Crippen LogP contribution is -2.30. The van der Waals surface area contributed by atoms with Crippen molar-refractivity contribution in [1.29, 1.82) is 0 Å².